The summed E-state index contributed by atoms with van der Waals surface area (Å²) in [6.45, 7) is 1.49. The Morgan fingerprint density at radius 3 is 2.77 bits per heavy atom. The second-order valence-electron chi connectivity index (χ2n) is 4.61. The number of pyridine rings is 1. The lowest BCUT2D eigenvalue weighted by Crippen LogP contribution is -2.43. The molecule has 2 heterocycles. The van der Waals surface area contributed by atoms with Crippen LogP contribution in [0.2, 0.25) is 0 Å². The Morgan fingerprint density at radius 1 is 1.45 bits per heavy atom. The lowest BCUT2D eigenvalue weighted by atomic mass is 10.2. The monoisotopic (exact) mass is 341 g/mol. The van der Waals surface area contributed by atoms with E-state index < -0.39 is 28.9 Å². The van der Waals surface area contributed by atoms with Crippen molar-refractivity contribution in [3.8, 4) is 0 Å². The van der Waals surface area contributed by atoms with Crippen molar-refractivity contribution in [1.82, 2.24) is 10.3 Å². The van der Waals surface area contributed by atoms with E-state index in [0.717, 1.165) is 0 Å². The molecule has 0 aliphatic carbocycles. The van der Waals surface area contributed by atoms with Crippen molar-refractivity contribution < 1.29 is 22.7 Å². The van der Waals surface area contributed by atoms with Gasteiger partial charge in [0.2, 0.25) is 5.91 Å². The molecule has 124 valence electrons. The summed E-state index contributed by atoms with van der Waals surface area (Å²) in [5.41, 5.74) is -2.24. The van der Waals surface area contributed by atoms with Crippen molar-refractivity contribution in [2.45, 2.75) is 18.6 Å². The minimum Gasteiger partial charge on any atom is -0.378 e. The Morgan fingerprint density at radius 2 is 2.18 bits per heavy atom. The van der Waals surface area contributed by atoms with Crippen LogP contribution in [-0.4, -0.2) is 36.7 Å². The number of hydrogen-bond acceptors (Lipinski definition) is 4. The average molecular weight is 342 g/mol. The zero-order valence-corrected chi connectivity index (χ0v) is 12.1. The van der Waals surface area contributed by atoms with Gasteiger partial charge in [-0.05, 0) is 6.07 Å². The third-order valence-corrected chi connectivity index (χ3v) is 2.93. The van der Waals surface area contributed by atoms with Crippen molar-refractivity contribution in [3.63, 3.8) is 0 Å². The normalized spacial score (nSPS) is 18.4. The first kappa shape index (κ1) is 18.5. The summed E-state index contributed by atoms with van der Waals surface area (Å²) in [6, 6.07) is 0.394. The highest BCUT2D eigenvalue weighted by Crippen LogP contribution is 2.29. The SMILES string of the molecule is Cl.O=C(CC1COCCN1)Nc1cc(C(F)(F)F)c[nH]c1=O. The number of aromatic amines is 1. The maximum absolute atomic E-state index is 12.5. The number of carbonyl (C=O) groups excluding carboxylic acids is 1. The first-order chi connectivity index (χ1) is 9.86. The molecule has 10 heteroatoms. The van der Waals surface area contributed by atoms with Crippen LogP contribution in [0, 0.1) is 0 Å². The Bertz CT molecular complexity index is 571. The van der Waals surface area contributed by atoms with Gasteiger partial charge >= 0.3 is 6.18 Å². The number of rotatable bonds is 3. The summed E-state index contributed by atoms with van der Waals surface area (Å²) < 4.78 is 42.8. The van der Waals surface area contributed by atoms with E-state index in [1.54, 1.807) is 0 Å². The van der Waals surface area contributed by atoms with Gasteiger partial charge in [-0.2, -0.15) is 13.2 Å². The molecule has 0 spiro atoms. The molecule has 0 radical (unpaired) electrons. The molecule has 1 aliphatic heterocycles. The van der Waals surface area contributed by atoms with E-state index >= 15 is 0 Å². The minimum absolute atomic E-state index is 0. The largest absolute Gasteiger partial charge is 0.417 e. The molecule has 2 rings (SSSR count). The van der Waals surface area contributed by atoms with E-state index in [4.69, 9.17) is 4.74 Å². The zero-order valence-electron chi connectivity index (χ0n) is 11.3. The molecular weight excluding hydrogens is 327 g/mol. The van der Waals surface area contributed by atoms with Crippen LogP contribution < -0.4 is 16.2 Å². The Labute approximate surface area is 129 Å². The molecule has 1 aromatic heterocycles. The molecule has 1 aliphatic rings. The lowest BCUT2D eigenvalue weighted by Gasteiger charge is -2.23. The van der Waals surface area contributed by atoms with Crippen molar-refractivity contribution in [2.24, 2.45) is 0 Å². The highest BCUT2D eigenvalue weighted by Gasteiger charge is 2.31. The smallest absolute Gasteiger partial charge is 0.378 e. The molecule has 6 nitrogen and oxygen atoms in total. The predicted octanol–water partition coefficient (Wildman–Crippen LogP) is 1.13. The van der Waals surface area contributed by atoms with E-state index in [9.17, 15) is 22.8 Å². The third-order valence-electron chi connectivity index (χ3n) is 2.93. The number of anilines is 1. The molecule has 1 aromatic rings. The fourth-order valence-electron chi connectivity index (χ4n) is 1.92. The second kappa shape index (κ2) is 7.61. The van der Waals surface area contributed by atoms with Gasteiger partial charge in [0.05, 0.1) is 18.8 Å². The van der Waals surface area contributed by atoms with Gasteiger partial charge in [-0.25, -0.2) is 0 Å². The van der Waals surface area contributed by atoms with Gasteiger partial charge < -0.3 is 20.4 Å². The van der Waals surface area contributed by atoms with Gasteiger partial charge in [0.15, 0.2) is 0 Å². The summed E-state index contributed by atoms with van der Waals surface area (Å²) in [5.74, 6) is -0.553. The summed E-state index contributed by atoms with van der Waals surface area (Å²) in [4.78, 5) is 25.2. The number of amides is 1. The lowest BCUT2D eigenvalue weighted by molar-refractivity contribution is -0.137. The molecule has 0 aromatic carbocycles. The summed E-state index contributed by atoms with van der Waals surface area (Å²) in [6.07, 6.45) is -4.02. The van der Waals surface area contributed by atoms with Crippen molar-refractivity contribution in [1.29, 1.82) is 0 Å². The molecule has 0 bridgehead atoms. The standard InChI is InChI=1S/C12H14F3N3O3.ClH/c13-12(14,15)7-3-9(11(20)17-5-7)18-10(19)4-8-6-21-2-1-16-8;/h3,5,8,16H,1-2,4,6H2,(H,17,20)(H,18,19);1H. The van der Waals surface area contributed by atoms with E-state index in [1.165, 1.54) is 0 Å². The third kappa shape index (κ3) is 5.00. The minimum atomic E-state index is -4.59. The van der Waals surface area contributed by atoms with Crippen molar-refractivity contribution >= 4 is 24.0 Å². The first-order valence-electron chi connectivity index (χ1n) is 6.27. The van der Waals surface area contributed by atoms with Crippen molar-refractivity contribution in [3.05, 3.63) is 28.2 Å². The van der Waals surface area contributed by atoms with Gasteiger partial charge in [-0.1, -0.05) is 0 Å². The molecule has 1 saturated heterocycles. The van der Waals surface area contributed by atoms with Crippen molar-refractivity contribution in [2.75, 3.05) is 25.1 Å². The number of ether oxygens (including phenoxy) is 1. The molecule has 3 N–H and O–H groups in total. The molecular formula is C12H15ClF3N3O3. The van der Waals surface area contributed by atoms with E-state index in [0.29, 0.717) is 32.0 Å². The average Bonchev–Trinajstić information content (AvgIpc) is 2.41. The Balaban J connectivity index is 0.00000242. The van der Waals surface area contributed by atoms with Crippen LogP contribution in [-0.2, 0) is 15.7 Å². The number of alkyl halides is 3. The van der Waals surface area contributed by atoms with Crippen LogP contribution in [0.3, 0.4) is 0 Å². The van der Waals surface area contributed by atoms with Gasteiger partial charge in [0, 0.05) is 25.2 Å². The number of hydrogen-bond donors (Lipinski definition) is 3. The quantitative estimate of drug-likeness (QED) is 0.769. The van der Waals surface area contributed by atoms with Crippen LogP contribution in [0.1, 0.15) is 12.0 Å². The van der Waals surface area contributed by atoms with E-state index in [2.05, 4.69) is 10.6 Å². The Kier molecular flexibility index (Phi) is 6.39. The van der Waals surface area contributed by atoms with E-state index in [-0.39, 0.29) is 24.9 Å². The van der Waals surface area contributed by atoms with Gasteiger partial charge in [-0.3, -0.25) is 9.59 Å². The number of halogens is 4. The Hall–Kier alpha value is -1.58. The molecule has 0 saturated carbocycles. The van der Waals surface area contributed by atoms with Crippen LogP contribution in [0.25, 0.3) is 0 Å². The van der Waals surface area contributed by atoms with Crippen LogP contribution in [0.15, 0.2) is 17.1 Å². The van der Waals surface area contributed by atoms with Crippen LogP contribution >= 0.6 is 12.4 Å². The summed E-state index contributed by atoms with van der Waals surface area (Å²) in [5, 5.41) is 5.23. The predicted molar refractivity (Wildman–Crippen MR) is 75.2 cm³/mol. The number of H-pyrrole nitrogens is 1. The number of aromatic nitrogens is 1. The summed E-state index contributed by atoms with van der Waals surface area (Å²) in [7, 11) is 0. The first-order valence-corrected chi connectivity index (χ1v) is 6.27. The zero-order chi connectivity index (χ0) is 15.5. The molecule has 1 atom stereocenters. The van der Waals surface area contributed by atoms with Crippen LogP contribution in [0.4, 0.5) is 18.9 Å². The topological polar surface area (TPSA) is 83.2 Å². The summed E-state index contributed by atoms with van der Waals surface area (Å²) >= 11 is 0. The van der Waals surface area contributed by atoms with Gasteiger partial charge in [0.25, 0.3) is 5.56 Å². The van der Waals surface area contributed by atoms with Gasteiger partial charge in [0.1, 0.15) is 5.69 Å². The molecule has 1 unspecified atom stereocenters. The maximum atomic E-state index is 12.5. The maximum Gasteiger partial charge on any atom is 0.417 e. The van der Waals surface area contributed by atoms with Gasteiger partial charge in [-0.15, -0.1) is 12.4 Å². The molecule has 1 fully saturated rings. The number of morpholine rings is 1. The number of carbonyl (C=O) groups is 1. The molecule has 1 amide bonds. The highest BCUT2D eigenvalue weighted by molar-refractivity contribution is 5.91. The fraction of sp³-hybridized carbons (Fsp3) is 0.500. The number of nitrogens with one attached hydrogen (secondary N) is 3. The van der Waals surface area contributed by atoms with E-state index in [1.807, 2.05) is 4.98 Å². The molecule has 22 heavy (non-hydrogen) atoms. The highest BCUT2D eigenvalue weighted by atomic mass is 35.5. The fourth-order valence-corrected chi connectivity index (χ4v) is 1.92. The van der Waals surface area contributed by atoms with Crippen LogP contribution in [0.5, 0.6) is 0 Å². The second-order valence-corrected chi connectivity index (χ2v) is 4.61.